The molecule has 3 aromatic rings. The first-order valence-electron chi connectivity index (χ1n) is 8.48. The standard InChI is InChI=1S/C20H18N2O3S/c1-12-6-5-7-13(2)17(12)22-18(23)14-8-3-4-9-15(14)21-20(22)26-16-10-11-25-19(16)24/h3-9,16H,10-11H2,1-2H3/t16-/m0/s1. The number of cyclic esters (lactones) is 1. The molecule has 132 valence electrons. The van der Waals surface area contributed by atoms with Crippen LogP contribution in [0.2, 0.25) is 0 Å². The van der Waals surface area contributed by atoms with E-state index in [4.69, 9.17) is 9.72 Å². The summed E-state index contributed by atoms with van der Waals surface area (Å²) < 4.78 is 6.72. The lowest BCUT2D eigenvalue weighted by molar-refractivity contribution is -0.137. The number of hydrogen-bond acceptors (Lipinski definition) is 5. The lowest BCUT2D eigenvalue weighted by atomic mass is 10.1. The van der Waals surface area contributed by atoms with Gasteiger partial charge in [-0.25, -0.2) is 4.98 Å². The first-order valence-corrected chi connectivity index (χ1v) is 9.36. The molecule has 1 aliphatic rings. The van der Waals surface area contributed by atoms with Crippen molar-refractivity contribution in [1.29, 1.82) is 0 Å². The summed E-state index contributed by atoms with van der Waals surface area (Å²) >= 11 is 1.30. The summed E-state index contributed by atoms with van der Waals surface area (Å²) in [6, 6.07) is 13.2. The predicted molar refractivity (Wildman–Crippen MR) is 102 cm³/mol. The maximum atomic E-state index is 13.3. The van der Waals surface area contributed by atoms with Gasteiger partial charge in [-0.1, -0.05) is 42.1 Å². The number of benzene rings is 2. The van der Waals surface area contributed by atoms with Crippen LogP contribution in [0.25, 0.3) is 16.6 Å². The van der Waals surface area contributed by atoms with Crippen LogP contribution < -0.4 is 5.56 Å². The molecule has 0 saturated carbocycles. The fourth-order valence-electron chi connectivity index (χ4n) is 3.26. The van der Waals surface area contributed by atoms with Gasteiger partial charge in [0.25, 0.3) is 5.56 Å². The molecule has 0 unspecified atom stereocenters. The second kappa shape index (κ2) is 6.61. The van der Waals surface area contributed by atoms with Crippen LogP contribution in [-0.4, -0.2) is 27.4 Å². The number of nitrogens with zero attached hydrogens (tertiary/aromatic N) is 2. The molecule has 2 heterocycles. The number of rotatable bonds is 3. The minimum Gasteiger partial charge on any atom is -0.465 e. The molecule has 0 spiro atoms. The van der Waals surface area contributed by atoms with Crippen LogP contribution in [0.3, 0.4) is 0 Å². The van der Waals surface area contributed by atoms with Gasteiger partial charge in [0.2, 0.25) is 0 Å². The zero-order valence-electron chi connectivity index (χ0n) is 14.6. The number of ether oxygens (including phenoxy) is 1. The quantitative estimate of drug-likeness (QED) is 0.525. The highest BCUT2D eigenvalue weighted by molar-refractivity contribution is 8.00. The molecule has 0 aliphatic carbocycles. The Morgan fingerprint density at radius 1 is 1.08 bits per heavy atom. The molecule has 0 amide bonds. The van der Waals surface area contributed by atoms with Crippen LogP contribution in [0.5, 0.6) is 0 Å². The highest BCUT2D eigenvalue weighted by Gasteiger charge is 2.30. The van der Waals surface area contributed by atoms with Gasteiger partial charge in [-0.3, -0.25) is 14.2 Å². The lowest BCUT2D eigenvalue weighted by Gasteiger charge is -2.18. The molecule has 1 aliphatic heterocycles. The van der Waals surface area contributed by atoms with E-state index in [1.807, 2.05) is 50.2 Å². The van der Waals surface area contributed by atoms with Crippen LogP contribution in [0, 0.1) is 13.8 Å². The summed E-state index contributed by atoms with van der Waals surface area (Å²) in [7, 11) is 0. The second-order valence-electron chi connectivity index (χ2n) is 6.36. The SMILES string of the molecule is Cc1cccc(C)c1-n1c(S[C@H]2CCOC2=O)nc2ccccc2c1=O. The number of thioether (sulfide) groups is 1. The van der Waals surface area contributed by atoms with E-state index < -0.39 is 0 Å². The van der Waals surface area contributed by atoms with Crippen LogP contribution in [0.4, 0.5) is 0 Å². The molecule has 0 bridgehead atoms. The summed E-state index contributed by atoms with van der Waals surface area (Å²) in [6.07, 6.45) is 0.624. The van der Waals surface area contributed by atoms with Gasteiger partial charge >= 0.3 is 5.97 Å². The fourth-order valence-corrected chi connectivity index (χ4v) is 4.32. The number of para-hydroxylation sites is 2. The highest BCUT2D eigenvalue weighted by atomic mass is 32.2. The zero-order valence-corrected chi connectivity index (χ0v) is 15.4. The molecule has 4 rings (SSSR count). The summed E-state index contributed by atoms with van der Waals surface area (Å²) in [5, 5.41) is 0.752. The van der Waals surface area contributed by atoms with Gasteiger partial charge in [0.15, 0.2) is 5.16 Å². The van der Waals surface area contributed by atoms with E-state index in [2.05, 4.69) is 0 Å². The Balaban J connectivity index is 2.00. The molecule has 5 nitrogen and oxygen atoms in total. The molecule has 6 heteroatoms. The first kappa shape index (κ1) is 16.8. The Hall–Kier alpha value is -2.60. The van der Waals surface area contributed by atoms with Crippen molar-refractivity contribution in [1.82, 2.24) is 9.55 Å². The number of carbonyl (C=O) groups excluding carboxylic acids is 1. The van der Waals surface area contributed by atoms with Crippen molar-refractivity contribution in [2.24, 2.45) is 0 Å². The number of esters is 1. The van der Waals surface area contributed by atoms with E-state index >= 15 is 0 Å². The topological polar surface area (TPSA) is 61.2 Å². The van der Waals surface area contributed by atoms with E-state index in [1.54, 1.807) is 10.6 Å². The third-order valence-electron chi connectivity index (χ3n) is 4.54. The van der Waals surface area contributed by atoms with Crippen molar-refractivity contribution in [3.05, 3.63) is 63.9 Å². The van der Waals surface area contributed by atoms with Gasteiger partial charge in [0.05, 0.1) is 23.2 Å². The largest absolute Gasteiger partial charge is 0.465 e. The Morgan fingerprint density at radius 3 is 2.50 bits per heavy atom. The summed E-state index contributed by atoms with van der Waals surface area (Å²) in [5.74, 6) is -0.245. The molecule has 1 atom stereocenters. The smallest absolute Gasteiger partial charge is 0.319 e. The Kier molecular flexibility index (Phi) is 4.28. The molecular weight excluding hydrogens is 348 g/mol. The monoisotopic (exact) mass is 366 g/mol. The molecule has 26 heavy (non-hydrogen) atoms. The average Bonchev–Trinajstić information content (AvgIpc) is 3.02. The molecule has 1 saturated heterocycles. The third-order valence-corrected chi connectivity index (χ3v) is 5.74. The maximum Gasteiger partial charge on any atom is 0.319 e. The van der Waals surface area contributed by atoms with E-state index in [0.717, 1.165) is 16.8 Å². The average molecular weight is 366 g/mol. The van der Waals surface area contributed by atoms with Gasteiger partial charge in [-0.05, 0) is 37.1 Å². The van der Waals surface area contributed by atoms with Crippen molar-refractivity contribution in [3.8, 4) is 5.69 Å². The number of aromatic nitrogens is 2. The van der Waals surface area contributed by atoms with Crippen molar-refractivity contribution < 1.29 is 9.53 Å². The first-order chi connectivity index (χ1) is 12.6. The molecule has 2 aromatic carbocycles. The second-order valence-corrected chi connectivity index (χ2v) is 7.53. The molecule has 0 N–H and O–H groups in total. The van der Waals surface area contributed by atoms with Gasteiger partial charge in [0, 0.05) is 6.42 Å². The minimum atomic E-state index is -0.335. The number of fused-ring (bicyclic) bond motifs is 1. The molecular formula is C20H18N2O3S. The van der Waals surface area contributed by atoms with E-state index in [9.17, 15) is 9.59 Å². The van der Waals surface area contributed by atoms with Crippen LogP contribution in [0.1, 0.15) is 17.5 Å². The van der Waals surface area contributed by atoms with Crippen LogP contribution in [-0.2, 0) is 9.53 Å². The number of carbonyl (C=O) groups is 1. The maximum absolute atomic E-state index is 13.3. The number of aryl methyl sites for hydroxylation is 2. The predicted octanol–water partition coefficient (Wildman–Crippen LogP) is 3.41. The van der Waals surface area contributed by atoms with Crippen molar-refractivity contribution in [2.75, 3.05) is 6.61 Å². The Bertz CT molecular complexity index is 1050. The van der Waals surface area contributed by atoms with Gasteiger partial charge in [-0.2, -0.15) is 0 Å². The van der Waals surface area contributed by atoms with E-state index in [-0.39, 0.29) is 16.8 Å². The van der Waals surface area contributed by atoms with E-state index in [1.165, 1.54) is 11.8 Å². The molecule has 0 radical (unpaired) electrons. The lowest BCUT2D eigenvalue weighted by Crippen LogP contribution is -2.24. The van der Waals surface area contributed by atoms with Crippen molar-refractivity contribution in [2.45, 2.75) is 30.7 Å². The fraction of sp³-hybridized carbons (Fsp3) is 0.250. The summed E-state index contributed by atoms with van der Waals surface area (Å²) in [5.41, 5.74) is 3.31. The van der Waals surface area contributed by atoms with E-state index in [0.29, 0.717) is 29.1 Å². The minimum absolute atomic E-state index is 0.123. The van der Waals surface area contributed by atoms with Gasteiger partial charge in [-0.15, -0.1) is 0 Å². The summed E-state index contributed by atoms with van der Waals surface area (Å²) in [4.78, 5) is 30.0. The Morgan fingerprint density at radius 2 is 1.81 bits per heavy atom. The highest BCUT2D eigenvalue weighted by Crippen LogP contribution is 2.31. The van der Waals surface area contributed by atoms with Gasteiger partial charge < -0.3 is 4.74 Å². The van der Waals surface area contributed by atoms with Crippen molar-refractivity contribution >= 4 is 28.6 Å². The molecule has 1 aromatic heterocycles. The third kappa shape index (κ3) is 2.80. The summed E-state index contributed by atoms with van der Waals surface area (Å²) in [6.45, 7) is 4.36. The normalized spacial score (nSPS) is 16.8. The van der Waals surface area contributed by atoms with Gasteiger partial charge in [0.1, 0.15) is 5.25 Å². The Labute approximate surface area is 155 Å². The van der Waals surface area contributed by atoms with Crippen molar-refractivity contribution in [3.63, 3.8) is 0 Å². The van der Waals surface area contributed by atoms with Crippen LogP contribution in [0.15, 0.2) is 52.4 Å². The number of hydrogen-bond donors (Lipinski definition) is 0. The zero-order chi connectivity index (χ0) is 18.3. The molecule has 1 fully saturated rings. The van der Waals surface area contributed by atoms with Crippen LogP contribution >= 0.6 is 11.8 Å².